The second kappa shape index (κ2) is 5.36. The fourth-order valence-electron chi connectivity index (χ4n) is 1.51. The number of benzene rings is 1. The fourth-order valence-corrected chi connectivity index (χ4v) is 2.42. The van der Waals surface area contributed by atoms with Gasteiger partial charge in [0.2, 0.25) is 0 Å². The Balaban J connectivity index is 2.32. The van der Waals surface area contributed by atoms with Crippen LogP contribution in [0.15, 0.2) is 40.3 Å². The van der Waals surface area contributed by atoms with E-state index in [1.807, 2.05) is 0 Å². The summed E-state index contributed by atoms with van der Waals surface area (Å²) in [6, 6.07) is 6.98. The molecule has 0 bridgehead atoms. The van der Waals surface area contributed by atoms with Crippen molar-refractivity contribution >= 4 is 17.6 Å². The molecule has 0 spiro atoms. The van der Waals surface area contributed by atoms with Crippen molar-refractivity contribution in [1.29, 1.82) is 5.41 Å². The van der Waals surface area contributed by atoms with E-state index in [-0.39, 0.29) is 5.84 Å². The van der Waals surface area contributed by atoms with Crippen molar-refractivity contribution in [3.8, 4) is 0 Å². The second-order valence-corrected chi connectivity index (χ2v) is 5.02. The monoisotopic (exact) mass is 279 g/mol. The van der Waals surface area contributed by atoms with E-state index < -0.39 is 11.6 Å². The van der Waals surface area contributed by atoms with Crippen molar-refractivity contribution in [2.45, 2.75) is 16.8 Å². The number of aromatic nitrogens is 1. The van der Waals surface area contributed by atoms with Crippen LogP contribution in [0.3, 0.4) is 0 Å². The lowest BCUT2D eigenvalue weighted by atomic mass is 10.2. The molecule has 0 saturated heterocycles. The van der Waals surface area contributed by atoms with Gasteiger partial charge in [-0.3, -0.25) is 5.41 Å². The van der Waals surface area contributed by atoms with Crippen molar-refractivity contribution < 1.29 is 8.78 Å². The lowest BCUT2D eigenvalue weighted by molar-refractivity contribution is 0.506. The van der Waals surface area contributed by atoms with Crippen LogP contribution in [-0.2, 0) is 0 Å². The Morgan fingerprint density at radius 1 is 1.21 bits per heavy atom. The SMILES string of the molecule is Cc1cc(C(=N)N)cc(Sc2ccc(F)c(F)c2)n1. The molecule has 0 amide bonds. The highest BCUT2D eigenvalue weighted by molar-refractivity contribution is 7.99. The first-order valence-corrected chi connectivity index (χ1v) is 6.23. The van der Waals surface area contributed by atoms with Gasteiger partial charge in [-0.05, 0) is 37.3 Å². The van der Waals surface area contributed by atoms with E-state index in [1.165, 1.54) is 17.8 Å². The van der Waals surface area contributed by atoms with Gasteiger partial charge < -0.3 is 5.73 Å². The summed E-state index contributed by atoms with van der Waals surface area (Å²) in [5, 5.41) is 7.98. The van der Waals surface area contributed by atoms with Crippen molar-refractivity contribution in [1.82, 2.24) is 4.98 Å². The molecule has 0 aliphatic heterocycles. The predicted molar refractivity (Wildman–Crippen MR) is 70.5 cm³/mol. The van der Waals surface area contributed by atoms with E-state index >= 15 is 0 Å². The molecule has 0 aliphatic rings. The van der Waals surface area contributed by atoms with E-state index in [4.69, 9.17) is 11.1 Å². The number of halogens is 2. The molecule has 6 heteroatoms. The molecular weight excluding hydrogens is 268 g/mol. The minimum absolute atomic E-state index is 0.0577. The largest absolute Gasteiger partial charge is 0.384 e. The molecule has 0 radical (unpaired) electrons. The van der Waals surface area contributed by atoms with E-state index in [1.54, 1.807) is 19.1 Å². The van der Waals surface area contributed by atoms with Crippen LogP contribution in [0.4, 0.5) is 8.78 Å². The van der Waals surface area contributed by atoms with Crippen LogP contribution in [0.1, 0.15) is 11.3 Å². The molecule has 1 aromatic heterocycles. The first-order chi connectivity index (χ1) is 8.95. The number of nitrogens with two attached hydrogens (primary N) is 1. The highest BCUT2D eigenvalue weighted by Gasteiger charge is 2.07. The van der Waals surface area contributed by atoms with Crippen molar-refractivity contribution in [3.05, 3.63) is 53.2 Å². The Hall–Kier alpha value is -1.95. The molecular formula is C13H11F2N3S. The first kappa shape index (κ1) is 13.5. The molecule has 1 heterocycles. The number of hydrogen-bond donors (Lipinski definition) is 2. The minimum Gasteiger partial charge on any atom is -0.384 e. The summed E-state index contributed by atoms with van der Waals surface area (Å²) in [7, 11) is 0. The minimum atomic E-state index is -0.899. The zero-order valence-corrected chi connectivity index (χ0v) is 10.9. The molecule has 0 atom stereocenters. The molecule has 2 aromatic rings. The second-order valence-electron chi connectivity index (χ2n) is 3.93. The van der Waals surface area contributed by atoms with Gasteiger partial charge >= 0.3 is 0 Å². The Morgan fingerprint density at radius 2 is 1.95 bits per heavy atom. The quantitative estimate of drug-likeness (QED) is 0.670. The van der Waals surface area contributed by atoms with Crippen LogP contribution in [0.25, 0.3) is 0 Å². The van der Waals surface area contributed by atoms with Gasteiger partial charge in [-0.2, -0.15) is 0 Å². The molecule has 19 heavy (non-hydrogen) atoms. The lowest BCUT2D eigenvalue weighted by Gasteiger charge is -2.06. The fraction of sp³-hybridized carbons (Fsp3) is 0.0769. The number of nitrogens with zero attached hydrogens (tertiary/aromatic N) is 1. The van der Waals surface area contributed by atoms with Crippen molar-refractivity contribution in [3.63, 3.8) is 0 Å². The first-order valence-electron chi connectivity index (χ1n) is 5.41. The highest BCUT2D eigenvalue weighted by atomic mass is 32.2. The molecule has 1 aromatic carbocycles. The van der Waals surface area contributed by atoms with Crippen molar-refractivity contribution in [2.75, 3.05) is 0 Å². The van der Waals surface area contributed by atoms with Gasteiger partial charge in [0, 0.05) is 16.2 Å². The summed E-state index contributed by atoms with van der Waals surface area (Å²) in [4.78, 5) is 4.79. The molecule has 3 nitrogen and oxygen atoms in total. The maximum atomic E-state index is 13.1. The normalized spacial score (nSPS) is 10.5. The smallest absolute Gasteiger partial charge is 0.159 e. The van der Waals surface area contributed by atoms with Gasteiger partial charge in [0.1, 0.15) is 10.9 Å². The maximum Gasteiger partial charge on any atom is 0.159 e. The molecule has 2 rings (SSSR count). The molecule has 0 fully saturated rings. The number of amidine groups is 1. The topological polar surface area (TPSA) is 62.8 Å². The Morgan fingerprint density at radius 3 is 2.58 bits per heavy atom. The van der Waals surface area contributed by atoms with Gasteiger partial charge in [0.15, 0.2) is 11.6 Å². The highest BCUT2D eigenvalue weighted by Crippen LogP contribution is 2.28. The zero-order valence-electron chi connectivity index (χ0n) is 10.1. The number of rotatable bonds is 3. The van der Waals surface area contributed by atoms with Crippen LogP contribution in [-0.4, -0.2) is 10.8 Å². The lowest BCUT2D eigenvalue weighted by Crippen LogP contribution is -2.11. The van der Waals surface area contributed by atoms with E-state index in [0.29, 0.717) is 21.2 Å². The zero-order chi connectivity index (χ0) is 14.0. The van der Waals surface area contributed by atoms with E-state index in [2.05, 4.69) is 4.98 Å². The summed E-state index contributed by atoms with van der Waals surface area (Å²) >= 11 is 1.19. The Labute approximate surface area is 113 Å². The number of nitrogens with one attached hydrogen (secondary N) is 1. The Kier molecular flexibility index (Phi) is 3.80. The standard InChI is InChI=1S/C13H11F2N3S/c1-7-4-8(13(16)17)5-12(18-7)19-9-2-3-10(14)11(15)6-9/h2-6H,1H3,(H3,16,17). The van der Waals surface area contributed by atoms with Crippen molar-refractivity contribution in [2.24, 2.45) is 5.73 Å². The van der Waals surface area contributed by atoms with E-state index in [0.717, 1.165) is 12.1 Å². The number of hydrogen-bond acceptors (Lipinski definition) is 3. The van der Waals surface area contributed by atoms with E-state index in [9.17, 15) is 8.78 Å². The number of aryl methyl sites for hydroxylation is 1. The average molecular weight is 279 g/mol. The summed E-state index contributed by atoms with van der Waals surface area (Å²) in [6.45, 7) is 1.78. The molecule has 3 N–H and O–H groups in total. The number of nitrogen functional groups attached to an aromatic ring is 1. The maximum absolute atomic E-state index is 13.1. The third-order valence-electron chi connectivity index (χ3n) is 2.35. The van der Waals surface area contributed by atoms with Gasteiger partial charge in [0.25, 0.3) is 0 Å². The van der Waals surface area contributed by atoms with Crippen LogP contribution in [0, 0.1) is 24.0 Å². The summed E-state index contributed by atoms with van der Waals surface area (Å²) in [5.41, 5.74) is 6.69. The molecule has 0 saturated carbocycles. The molecule has 98 valence electrons. The third-order valence-corrected chi connectivity index (χ3v) is 3.26. The van der Waals surface area contributed by atoms with Crippen LogP contribution in [0.5, 0.6) is 0 Å². The van der Waals surface area contributed by atoms with Gasteiger partial charge in [-0.15, -0.1) is 0 Å². The summed E-state index contributed by atoms with van der Waals surface area (Å²) in [5.74, 6) is -1.84. The summed E-state index contributed by atoms with van der Waals surface area (Å²) < 4.78 is 25.9. The van der Waals surface area contributed by atoms with Gasteiger partial charge in [-0.25, -0.2) is 13.8 Å². The van der Waals surface area contributed by atoms with Gasteiger partial charge in [0.05, 0.1) is 0 Å². The Bertz CT molecular complexity index is 644. The van der Waals surface area contributed by atoms with Crippen LogP contribution in [0.2, 0.25) is 0 Å². The van der Waals surface area contributed by atoms with Crippen LogP contribution < -0.4 is 5.73 Å². The third kappa shape index (κ3) is 3.29. The number of pyridine rings is 1. The summed E-state index contributed by atoms with van der Waals surface area (Å²) in [6.07, 6.45) is 0. The van der Waals surface area contributed by atoms with Gasteiger partial charge in [-0.1, -0.05) is 11.8 Å². The van der Waals surface area contributed by atoms with Crippen LogP contribution >= 0.6 is 11.8 Å². The average Bonchev–Trinajstić information content (AvgIpc) is 2.33. The molecule has 0 unspecified atom stereocenters. The molecule has 0 aliphatic carbocycles. The predicted octanol–water partition coefficient (Wildman–Crippen LogP) is 3.10.